The smallest absolute Gasteiger partial charge is 0.220 e. The Balaban J connectivity index is 1.93. The number of unbranched alkanes of at least 4 members (excludes halogenated alkanes) is 3. The van der Waals surface area contributed by atoms with E-state index in [0.717, 1.165) is 24.7 Å². The second-order valence-corrected chi connectivity index (χ2v) is 6.73. The highest BCUT2D eigenvalue weighted by Crippen LogP contribution is 2.24. The third-order valence-corrected chi connectivity index (χ3v) is 4.81. The molecule has 1 heterocycles. The number of amides is 1. The summed E-state index contributed by atoms with van der Waals surface area (Å²) < 4.78 is 0. The van der Waals surface area contributed by atoms with Gasteiger partial charge in [-0.25, -0.2) is 0 Å². The van der Waals surface area contributed by atoms with E-state index >= 15 is 0 Å². The molecule has 1 fully saturated rings. The Morgan fingerprint density at radius 2 is 1.88 bits per heavy atom. The molecule has 0 unspecified atom stereocenters. The number of carbonyl (C=O) groups is 1. The molecule has 0 aromatic carbocycles. The van der Waals surface area contributed by atoms with E-state index in [1.807, 2.05) is 11.8 Å². The van der Waals surface area contributed by atoms with Crippen LogP contribution in [0, 0.1) is 5.92 Å². The fraction of sp³-hybridized carbons (Fsp3) is 0.923. The zero-order valence-corrected chi connectivity index (χ0v) is 13.0. The molecule has 2 nitrogen and oxygen atoms in total. The van der Waals surface area contributed by atoms with Crippen LogP contribution < -0.4 is 5.32 Å². The maximum Gasteiger partial charge on any atom is 0.220 e. The van der Waals surface area contributed by atoms with Gasteiger partial charge in [-0.15, -0.1) is 0 Å². The van der Waals surface area contributed by atoms with Crippen LogP contribution in [0.25, 0.3) is 0 Å². The van der Waals surface area contributed by atoms with Gasteiger partial charge in [0.2, 0.25) is 5.91 Å². The third kappa shape index (κ3) is 8.09. The lowest BCUT2D eigenvalue weighted by atomic mass is 9.98. The molecule has 0 aromatic heterocycles. The van der Waals surface area contributed by atoms with Gasteiger partial charge in [0.05, 0.1) is 0 Å². The molecular weight excluding hydrogens is 298 g/mol. The van der Waals surface area contributed by atoms with Gasteiger partial charge in [0, 0.05) is 18.3 Å². The molecular formula is C13H24BrNOS. The van der Waals surface area contributed by atoms with E-state index in [1.54, 1.807) is 0 Å². The van der Waals surface area contributed by atoms with Crippen LogP contribution in [0.3, 0.4) is 0 Å². The van der Waals surface area contributed by atoms with Gasteiger partial charge in [0.15, 0.2) is 0 Å². The van der Waals surface area contributed by atoms with Gasteiger partial charge in [-0.05, 0) is 43.1 Å². The van der Waals surface area contributed by atoms with Gasteiger partial charge in [-0.2, -0.15) is 11.8 Å². The van der Waals surface area contributed by atoms with E-state index in [4.69, 9.17) is 0 Å². The average molecular weight is 322 g/mol. The molecule has 0 atom stereocenters. The normalized spacial score (nSPS) is 17.0. The van der Waals surface area contributed by atoms with Crippen molar-refractivity contribution >= 4 is 33.6 Å². The molecule has 1 saturated heterocycles. The van der Waals surface area contributed by atoms with Crippen LogP contribution in [0.4, 0.5) is 0 Å². The Kier molecular flexibility index (Phi) is 9.25. The van der Waals surface area contributed by atoms with Gasteiger partial charge in [-0.1, -0.05) is 28.8 Å². The van der Waals surface area contributed by atoms with Gasteiger partial charge in [0.1, 0.15) is 0 Å². The van der Waals surface area contributed by atoms with E-state index in [-0.39, 0.29) is 5.91 Å². The predicted molar refractivity (Wildman–Crippen MR) is 79.9 cm³/mol. The minimum Gasteiger partial charge on any atom is -0.356 e. The molecule has 0 saturated carbocycles. The molecule has 0 aromatic rings. The first-order valence-corrected chi connectivity index (χ1v) is 9.01. The Morgan fingerprint density at radius 1 is 1.18 bits per heavy atom. The average Bonchev–Trinajstić information content (AvgIpc) is 2.35. The summed E-state index contributed by atoms with van der Waals surface area (Å²) in [6.07, 6.45) is 8.06. The number of halogens is 1. The Hall–Kier alpha value is 0.300. The molecule has 0 spiro atoms. The zero-order valence-electron chi connectivity index (χ0n) is 10.5. The summed E-state index contributed by atoms with van der Waals surface area (Å²) in [6, 6.07) is 0. The molecule has 4 heteroatoms. The van der Waals surface area contributed by atoms with E-state index in [2.05, 4.69) is 21.2 Å². The highest BCUT2D eigenvalue weighted by atomic mass is 79.9. The van der Waals surface area contributed by atoms with E-state index in [1.165, 1.54) is 43.6 Å². The lowest BCUT2D eigenvalue weighted by molar-refractivity contribution is -0.122. The van der Waals surface area contributed by atoms with E-state index in [0.29, 0.717) is 5.92 Å². The number of thioether (sulfide) groups is 1. The maximum absolute atomic E-state index is 11.7. The molecule has 1 rings (SSSR count). The first-order valence-electron chi connectivity index (χ1n) is 6.73. The largest absolute Gasteiger partial charge is 0.356 e. The highest BCUT2D eigenvalue weighted by molar-refractivity contribution is 9.09. The van der Waals surface area contributed by atoms with Crippen molar-refractivity contribution in [3.63, 3.8) is 0 Å². The quantitative estimate of drug-likeness (QED) is 0.546. The number of carbonyl (C=O) groups excluding carboxylic acids is 1. The zero-order chi connectivity index (χ0) is 12.3. The summed E-state index contributed by atoms with van der Waals surface area (Å²) in [6.45, 7) is 0.864. The molecule has 1 N–H and O–H groups in total. The van der Waals surface area contributed by atoms with Crippen LogP contribution in [0.2, 0.25) is 0 Å². The molecule has 100 valence electrons. The van der Waals surface area contributed by atoms with Gasteiger partial charge >= 0.3 is 0 Å². The summed E-state index contributed by atoms with van der Waals surface area (Å²) in [7, 11) is 0. The minimum absolute atomic E-state index is 0.266. The Labute approximate surface area is 118 Å². The standard InChI is InChI=1S/C13H24BrNOS/c14-7-3-1-2-4-8-15-13(16)11-12-5-9-17-10-6-12/h12H,1-11H2,(H,15,16). The van der Waals surface area contributed by atoms with Gasteiger partial charge < -0.3 is 5.32 Å². The lowest BCUT2D eigenvalue weighted by Crippen LogP contribution is -2.27. The van der Waals surface area contributed by atoms with Crippen molar-refractivity contribution in [2.24, 2.45) is 5.92 Å². The number of nitrogens with one attached hydrogen (secondary N) is 1. The summed E-state index contributed by atoms with van der Waals surface area (Å²) in [5.74, 6) is 3.39. The highest BCUT2D eigenvalue weighted by Gasteiger charge is 2.16. The van der Waals surface area contributed by atoms with Gasteiger partial charge in [0.25, 0.3) is 0 Å². The first-order chi connectivity index (χ1) is 8.33. The Bertz CT molecular complexity index is 208. The summed E-state index contributed by atoms with van der Waals surface area (Å²) >= 11 is 5.44. The molecule has 0 radical (unpaired) electrons. The van der Waals surface area contributed by atoms with Crippen molar-refractivity contribution in [2.75, 3.05) is 23.4 Å². The summed E-state index contributed by atoms with van der Waals surface area (Å²) in [5.41, 5.74) is 0. The molecule has 0 aliphatic carbocycles. The molecule has 1 aliphatic heterocycles. The van der Waals surface area contributed by atoms with E-state index < -0.39 is 0 Å². The second kappa shape index (κ2) is 10.2. The van der Waals surface area contributed by atoms with Crippen molar-refractivity contribution in [3.05, 3.63) is 0 Å². The first kappa shape index (κ1) is 15.4. The monoisotopic (exact) mass is 321 g/mol. The number of rotatable bonds is 8. The van der Waals surface area contributed by atoms with E-state index in [9.17, 15) is 4.79 Å². The fourth-order valence-electron chi connectivity index (χ4n) is 2.09. The summed E-state index contributed by atoms with van der Waals surface area (Å²) in [4.78, 5) is 11.7. The number of hydrogen-bond acceptors (Lipinski definition) is 2. The van der Waals surface area contributed by atoms with Crippen molar-refractivity contribution in [1.82, 2.24) is 5.32 Å². The number of hydrogen-bond donors (Lipinski definition) is 1. The maximum atomic E-state index is 11.7. The minimum atomic E-state index is 0.266. The van der Waals surface area contributed by atoms with Crippen LogP contribution in [-0.4, -0.2) is 29.3 Å². The third-order valence-electron chi connectivity index (χ3n) is 3.20. The van der Waals surface area contributed by atoms with Crippen molar-refractivity contribution < 1.29 is 4.79 Å². The number of alkyl halides is 1. The molecule has 0 bridgehead atoms. The Morgan fingerprint density at radius 3 is 2.59 bits per heavy atom. The van der Waals surface area contributed by atoms with Crippen LogP contribution in [0.15, 0.2) is 0 Å². The summed E-state index contributed by atoms with van der Waals surface area (Å²) in [5, 5.41) is 4.15. The van der Waals surface area contributed by atoms with Gasteiger partial charge in [-0.3, -0.25) is 4.79 Å². The lowest BCUT2D eigenvalue weighted by Gasteiger charge is -2.20. The molecule has 17 heavy (non-hydrogen) atoms. The second-order valence-electron chi connectivity index (χ2n) is 4.71. The fourth-order valence-corrected chi connectivity index (χ4v) is 3.69. The van der Waals surface area contributed by atoms with Crippen molar-refractivity contribution in [2.45, 2.75) is 44.9 Å². The SMILES string of the molecule is O=C(CC1CCSCC1)NCCCCCCBr. The molecule has 1 aliphatic rings. The van der Waals surface area contributed by atoms with Crippen LogP contribution in [0.5, 0.6) is 0 Å². The van der Waals surface area contributed by atoms with Crippen LogP contribution >= 0.6 is 27.7 Å². The van der Waals surface area contributed by atoms with Crippen molar-refractivity contribution in [3.8, 4) is 0 Å². The van der Waals surface area contributed by atoms with Crippen molar-refractivity contribution in [1.29, 1.82) is 0 Å². The topological polar surface area (TPSA) is 29.1 Å². The predicted octanol–water partition coefficient (Wildman–Crippen LogP) is 3.59. The molecule has 1 amide bonds. The van der Waals surface area contributed by atoms with Crippen LogP contribution in [-0.2, 0) is 4.79 Å². The van der Waals surface area contributed by atoms with Crippen LogP contribution in [0.1, 0.15) is 44.9 Å².